The van der Waals surface area contributed by atoms with Gasteiger partial charge in [-0.3, -0.25) is 0 Å². The zero-order valence-electron chi connectivity index (χ0n) is 10.7. The van der Waals surface area contributed by atoms with Crippen LogP contribution in [0.2, 0.25) is 0 Å². The number of rotatable bonds is 5. The summed E-state index contributed by atoms with van der Waals surface area (Å²) in [7, 11) is 0. The van der Waals surface area contributed by atoms with E-state index in [0.29, 0.717) is 16.9 Å². The fourth-order valence-electron chi connectivity index (χ4n) is 1.83. The molecule has 0 aliphatic heterocycles. The van der Waals surface area contributed by atoms with Crippen molar-refractivity contribution in [1.82, 2.24) is 5.32 Å². The third kappa shape index (κ3) is 3.21. The second kappa shape index (κ2) is 5.83. The van der Waals surface area contributed by atoms with E-state index in [1.54, 1.807) is 13.0 Å². The van der Waals surface area contributed by atoms with Gasteiger partial charge in [0.1, 0.15) is 17.4 Å². The maximum absolute atomic E-state index is 13.4. The molecule has 0 radical (unpaired) electrons. The van der Waals surface area contributed by atoms with Crippen LogP contribution < -0.4 is 5.32 Å². The molecule has 0 aliphatic carbocycles. The standard InChI is InChI=1S/C14H13F2NO3/c1-8-4-11(20-13(8)14(18)19)7-17-6-9-2-3-10(15)5-12(9)16/h2-5,17H,6-7H2,1H3,(H,18,19). The van der Waals surface area contributed by atoms with Crippen LogP contribution in [-0.2, 0) is 13.1 Å². The van der Waals surface area contributed by atoms with Crippen molar-refractivity contribution in [3.05, 3.63) is 58.5 Å². The average Bonchev–Trinajstić information content (AvgIpc) is 2.73. The predicted molar refractivity (Wildman–Crippen MR) is 67.3 cm³/mol. The van der Waals surface area contributed by atoms with Gasteiger partial charge in [-0.2, -0.15) is 0 Å². The van der Waals surface area contributed by atoms with Crippen LogP contribution in [0.5, 0.6) is 0 Å². The lowest BCUT2D eigenvalue weighted by Gasteiger charge is -2.04. The van der Waals surface area contributed by atoms with E-state index < -0.39 is 17.6 Å². The lowest BCUT2D eigenvalue weighted by atomic mass is 10.2. The molecule has 0 aliphatic rings. The van der Waals surface area contributed by atoms with E-state index in [4.69, 9.17) is 9.52 Å². The number of carbonyl (C=O) groups is 1. The SMILES string of the molecule is Cc1cc(CNCc2ccc(F)cc2F)oc1C(=O)O. The van der Waals surface area contributed by atoms with Crippen molar-refractivity contribution in [2.75, 3.05) is 0 Å². The topological polar surface area (TPSA) is 62.5 Å². The second-order valence-electron chi connectivity index (χ2n) is 4.37. The molecule has 106 valence electrons. The zero-order valence-corrected chi connectivity index (χ0v) is 10.7. The number of carboxylic acid groups (broad SMARTS) is 1. The molecule has 0 bridgehead atoms. The van der Waals surface area contributed by atoms with Gasteiger partial charge in [0.05, 0.1) is 6.54 Å². The first-order chi connectivity index (χ1) is 9.47. The molecule has 6 heteroatoms. The van der Waals surface area contributed by atoms with E-state index in [0.717, 1.165) is 6.07 Å². The van der Waals surface area contributed by atoms with Crippen LogP contribution in [0.4, 0.5) is 8.78 Å². The van der Waals surface area contributed by atoms with Gasteiger partial charge in [0.15, 0.2) is 0 Å². The number of halogens is 2. The number of furan rings is 1. The number of carboxylic acids is 1. The summed E-state index contributed by atoms with van der Waals surface area (Å²) in [4.78, 5) is 10.8. The Morgan fingerprint density at radius 3 is 2.65 bits per heavy atom. The summed E-state index contributed by atoms with van der Waals surface area (Å²) in [6.07, 6.45) is 0. The van der Waals surface area contributed by atoms with Gasteiger partial charge in [0.25, 0.3) is 0 Å². The van der Waals surface area contributed by atoms with Gasteiger partial charge < -0.3 is 14.8 Å². The first kappa shape index (κ1) is 14.2. The molecule has 0 saturated heterocycles. The third-order valence-electron chi connectivity index (χ3n) is 2.79. The smallest absolute Gasteiger partial charge is 0.372 e. The molecule has 0 amide bonds. The number of nitrogens with one attached hydrogen (secondary N) is 1. The predicted octanol–water partition coefficient (Wildman–Crippen LogP) is 2.85. The highest BCUT2D eigenvalue weighted by Crippen LogP contribution is 2.15. The van der Waals surface area contributed by atoms with Crippen molar-refractivity contribution in [3.63, 3.8) is 0 Å². The summed E-state index contributed by atoms with van der Waals surface area (Å²) >= 11 is 0. The quantitative estimate of drug-likeness (QED) is 0.884. The Kier molecular flexibility index (Phi) is 4.14. The van der Waals surface area contributed by atoms with Gasteiger partial charge in [-0.1, -0.05) is 6.07 Å². The molecule has 2 N–H and O–H groups in total. The van der Waals surface area contributed by atoms with Crippen molar-refractivity contribution in [1.29, 1.82) is 0 Å². The molecule has 2 rings (SSSR count). The van der Waals surface area contributed by atoms with Crippen molar-refractivity contribution in [2.45, 2.75) is 20.0 Å². The maximum Gasteiger partial charge on any atom is 0.372 e. The molecule has 0 saturated carbocycles. The van der Waals surface area contributed by atoms with Crippen molar-refractivity contribution >= 4 is 5.97 Å². The van der Waals surface area contributed by atoms with E-state index in [2.05, 4.69) is 5.32 Å². The highest BCUT2D eigenvalue weighted by molar-refractivity contribution is 5.86. The molecule has 4 nitrogen and oxygen atoms in total. The summed E-state index contributed by atoms with van der Waals surface area (Å²) in [6.45, 7) is 2.08. The van der Waals surface area contributed by atoms with Crippen molar-refractivity contribution in [3.8, 4) is 0 Å². The number of aromatic carboxylic acids is 1. The van der Waals surface area contributed by atoms with Crippen molar-refractivity contribution < 1.29 is 23.1 Å². The summed E-state index contributed by atoms with van der Waals surface area (Å²) in [5.74, 6) is -2.03. The first-order valence-corrected chi connectivity index (χ1v) is 5.94. The Morgan fingerprint density at radius 2 is 2.05 bits per heavy atom. The zero-order chi connectivity index (χ0) is 14.7. The van der Waals surface area contributed by atoms with Gasteiger partial charge in [-0.05, 0) is 19.1 Å². The number of benzene rings is 1. The summed E-state index contributed by atoms with van der Waals surface area (Å²) < 4.78 is 31.2. The summed E-state index contributed by atoms with van der Waals surface area (Å²) in [5.41, 5.74) is 0.857. The largest absolute Gasteiger partial charge is 0.475 e. The highest BCUT2D eigenvalue weighted by Gasteiger charge is 2.14. The van der Waals surface area contributed by atoms with Gasteiger partial charge in [-0.25, -0.2) is 13.6 Å². The monoisotopic (exact) mass is 281 g/mol. The highest BCUT2D eigenvalue weighted by atomic mass is 19.1. The van der Waals surface area contributed by atoms with Crippen molar-refractivity contribution in [2.24, 2.45) is 0 Å². The lowest BCUT2D eigenvalue weighted by molar-refractivity contribution is 0.0659. The molecule has 0 atom stereocenters. The Bertz CT molecular complexity index is 637. The Hall–Kier alpha value is -2.21. The molecule has 0 fully saturated rings. The van der Waals surface area contributed by atoms with Gasteiger partial charge in [0.2, 0.25) is 5.76 Å². The molecule has 1 heterocycles. The molecular formula is C14H13F2NO3. The van der Waals surface area contributed by atoms with Crippen LogP contribution in [0, 0.1) is 18.6 Å². The molecule has 20 heavy (non-hydrogen) atoms. The van der Waals surface area contributed by atoms with Crippen LogP contribution in [0.15, 0.2) is 28.7 Å². The Morgan fingerprint density at radius 1 is 1.30 bits per heavy atom. The molecule has 0 spiro atoms. The number of hydrogen-bond donors (Lipinski definition) is 2. The minimum atomic E-state index is -1.13. The Balaban J connectivity index is 1.96. The van der Waals surface area contributed by atoms with E-state index in [-0.39, 0.29) is 18.8 Å². The fraction of sp³-hybridized carbons (Fsp3) is 0.214. The Labute approximate surface area is 114 Å². The van der Waals surface area contributed by atoms with Crippen LogP contribution >= 0.6 is 0 Å². The van der Waals surface area contributed by atoms with E-state index in [1.165, 1.54) is 12.1 Å². The lowest BCUT2D eigenvalue weighted by Crippen LogP contribution is -2.13. The van der Waals surface area contributed by atoms with Gasteiger partial charge in [0, 0.05) is 23.7 Å². The minimum Gasteiger partial charge on any atom is -0.475 e. The van der Waals surface area contributed by atoms with Gasteiger partial charge in [-0.15, -0.1) is 0 Å². The molecule has 1 aromatic heterocycles. The van der Waals surface area contributed by atoms with Crippen LogP contribution in [0.1, 0.15) is 27.4 Å². The van der Waals surface area contributed by atoms with E-state index in [1.807, 2.05) is 0 Å². The molecular weight excluding hydrogens is 268 g/mol. The van der Waals surface area contributed by atoms with Crippen LogP contribution in [0.25, 0.3) is 0 Å². The van der Waals surface area contributed by atoms with E-state index in [9.17, 15) is 13.6 Å². The second-order valence-corrected chi connectivity index (χ2v) is 4.37. The minimum absolute atomic E-state index is 0.102. The maximum atomic E-state index is 13.4. The van der Waals surface area contributed by atoms with Gasteiger partial charge >= 0.3 is 5.97 Å². The first-order valence-electron chi connectivity index (χ1n) is 5.94. The third-order valence-corrected chi connectivity index (χ3v) is 2.79. The fourth-order valence-corrected chi connectivity index (χ4v) is 1.83. The van der Waals surface area contributed by atoms with Crippen LogP contribution in [-0.4, -0.2) is 11.1 Å². The number of hydrogen-bond acceptors (Lipinski definition) is 3. The molecule has 0 unspecified atom stereocenters. The summed E-state index contributed by atoms with van der Waals surface area (Å²) in [6, 6.07) is 4.96. The summed E-state index contributed by atoms with van der Waals surface area (Å²) in [5, 5.41) is 11.8. The molecule has 2 aromatic rings. The van der Waals surface area contributed by atoms with E-state index >= 15 is 0 Å². The van der Waals surface area contributed by atoms with Crippen LogP contribution in [0.3, 0.4) is 0 Å². The average molecular weight is 281 g/mol. The normalized spacial score (nSPS) is 10.8. The molecule has 1 aromatic carbocycles. The number of aryl methyl sites for hydroxylation is 1.